The summed E-state index contributed by atoms with van der Waals surface area (Å²) in [6.45, 7) is 3.62. The van der Waals surface area contributed by atoms with Gasteiger partial charge >= 0.3 is 5.97 Å². The van der Waals surface area contributed by atoms with E-state index >= 15 is 0 Å². The van der Waals surface area contributed by atoms with Gasteiger partial charge in [0.05, 0.1) is 0 Å². The molecule has 1 fully saturated rings. The molecule has 0 radical (unpaired) electrons. The van der Waals surface area contributed by atoms with Crippen LogP contribution in [0, 0.1) is 5.92 Å². The van der Waals surface area contributed by atoms with Gasteiger partial charge < -0.3 is 9.47 Å². The van der Waals surface area contributed by atoms with Crippen LogP contribution in [0.25, 0.3) is 0 Å². The van der Waals surface area contributed by atoms with E-state index in [-0.39, 0.29) is 5.97 Å². The zero-order chi connectivity index (χ0) is 13.9. The zero-order valence-corrected chi connectivity index (χ0v) is 12.1. The van der Waals surface area contributed by atoms with Gasteiger partial charge in [0.2, 0.25) is 0 Å². The van der Waals surface area contributed by atoms with Crippen LogP contribution < -0.4 is 4.74 Å². The predicted octanol–water partition coefficient (Wildman–Crippen LogP) is 4.19. The minimum absolute atomic E-state index is 0.309. The van der Waals surface area contributed by atoms with E-state index in [9.17, 15) is 4.79 Å². The van der Waals surface area contributed by atoms with Crippen molar-refractivity contribution in [3.05, 3.63) is 29.3 Å². The van der Waals surface area contributed by atoms with Gasteiger partial charge in [0, 0.05) is 24.8 Å². The Labute approximate surface area is 118 Å². The normalized spacial score (nSPS) is 26.8. The highest BCUT2D eigenvalue weighted by molar-refractivity contribution is 6.30. The van der Waals surface area contributed by atoms with E-state index < -0.39 is 5.79 Å². The van der Waals surface area contributed by atoms with E-state index in [0.717, 1.165) is 25.7 Å². The van der Waals surface area contributed by atoms with Crippen molar-refractivity contribution < 1.29 is 14.3 Å². The maximum Gasteiger partial charge on any atom is 0.305 e. The Kier molecular flexibility index (Phi) is 4.35. The summed E-state index contributed by atoms with van der Waals surface area (Å²) in [5.41, 5.74) is 0. The molecule has 0 aliphatic heterocycles. The molecule has 0 heterocycles. The lowest BCUT2D eigenvalue weighted by Gasteiger charge is -2.38. The molecular weight excluding hydrogens is 264 g/mol. The lowest BCUT2D eigenvalue weighted by molar-refractivity contribution is -0.208. The van der Waals surface area contributed by atoms with Gasteiger partial charge in [0.25, 0.3) is 5.79 Å². The van der Waals surface area contributed by atoms with Crippen molar-refractivity contribution in [2.75, 3.05) is 0 Å². The van der Waals surface area contributed by atoms with E-state index in [1.54, 1.807) is 12.1 Å². The second kappa shape index (κ2) is 5.83. The first-order valence-electron chi connectivity index (χ1n) is 6.63. The first kappa shape index (κ1) is 14.2. The summed E-state index contributed by atoms with van der Waals surface area (Å²) in [6.07, 6.45) is 3.43. The molecule has 0 spiro atoms. The molecule has 3 nitrogen and oxygen atoms in total. The average Bonchev–Trinajstić information content (AvgIpc) is 2.32. The molecule has 0 unspecified atom stereocenters. The first-order chi connectivity index (χ1) is 8.99. The summed E-state index contributed by atoms with van der Waals surface area (Å²) in [4.78, 5) is 11.3. The summed E-state index contributed by atoms with van der Waals surface area (Å²) < 4.78 is 11.4. The molecule has 0 atom stereocenters. The molecule has 2 rings (SSSR count). The number of halogens is 1. The first-order valence-corrected chi connectivity index (χ1v) is 7.01. The highest BCUT2D eigenvalue weighted by Crippen LogP contribution is 2.37. The summed E-state index contributed by atoms with van der Waals surface area (Å²) in [5.74, 6) is 0.148. The average molecular weight is 283 g/mol. The van der Waals surface area contributed by atoms with Gasteiger partial charge in [0.15, 0.2) is 0 Å². The fourth-order valence-corrected chi connectivity index (χ4v) is 2.61. The molecule has 1 aromatic rings. The van der Waals surface area contributed by atoms with E-state index in [1.807, 2.05) is 12.1 Å². The van der Waals surface area contributed by atoms with Crippen molar-refractivity contribution >= 4 is 17.6 Å². The molecule has 0 N–H and O–H groups in total. The molecule has 0 saturated heterocycles. The van der Waals surface area contributed by atoms with Crippen LogP contribution in [0.1, 0.15) is 39.5 Å². The SMILES string of the molecule is CC(=O)OC1(Oc2cccc(Cl)c2)CCC(C)CC1. The number of rotatable bonds is 3. The molecule has 4 heteroatoms. The standard InChI is InChI=1S/C15H19ClO3/c1-11-6-8-15(9-7-11,18-12(2)17)19-14-5-3-4-13(16)10-14/h3-5,10-11H,6-9H2,1-2H3. The van der Waals surface area contributed by atoms with Gasteiger partial charge in [-0.2, -0.15) is 0 Å². The summed E-state index contributed by atoms with van der Waals surface area (Å²) in [6, 6.07) is 7.18. The molecular formula is C15H19ClO3. The maximum atomic E-state index is 11.3. The number of hydrogen-bond donors (Lipinski definition) is 0. The summed E-state index contributed by atoms with van der Waals surface area (Å²) >= 11 is 5.95. The monoisotopic (exact) mass is 282 g/mol. The number of esters is 1. The Balaban J connectivity index is 2.16. The Bertz CT molecular complexity index is 450. The quantitative estimate of drug-likeness (QED) is 0.616. The fourth-order valence-electron chi connectivity index (χ4n) is 2.43. The lowest BCUT2D eigenvalue weighted by atomic mass is 9.86. The second-order valence-corrected chi connectivity index (χ2v) is 5.68. The minimum Gasteiger partial charge on any atom is -0.452 e. The van der Waals surface area contributed by atoms with Gasteiger partial charge in [-0.1, -0.05) is 24.6 Å². The number of benzene rings is 1. The smallest absolute Gasteiger partial charge is 0.305 e. The van der Waals surface area contributed by atoms with Crippen molar-refractivity contribution in [1.29, 1.82) is 0 Å². The molecule has 1 aromatic carbocycles. The topological polar surface area (TPSA) is 35.5 Å². The Morgan fingerprint density at radius 3 is 2.63 bits per heavy atom. The lowest BCUT2D eigenvalue weighted by Crippen LogP contribution is -2.43. The molecule has 0 bridgehead atoms. The van der Waals surface area contributed by atoms with Crippen LogP contribution in [0.2, 0.25) is 5.02 Å². The van der Waals surface area contributed by atoms with Crippen molar-refractivity contribution in [3.63, 3.8) is 0 Å². The fraction of sp³-hybridized carbons (Fsp3) is 0.533. The van der Waals surface area contributed by atoms with E-state index in [4.69, 9.17) is 21.1 Å². The molecule has 0 amide bonds. The highest BCUT2D eigenvalue weighted by Gasteiger charge is 2.39. The molecule has 1 aliphatic rings. The van der Waals surface area contributed by atoms with Gasteiger partial charge in [-0.05, 0) is 37.0 Å². The number of hydrogen-bond acceptors (Lipinski definition) is 3. The number of carbonyl (C=O) groups is 1. The van der Waals surface area contributed by atoms with Crippen LogP contribution >= 0.6 is 11.6 Å². The third kappa shape index (κ3) is 3.87. The molecule has 1 aliphatic carbocycles. The summed E-state index contributed by atoms with van der Waals surface area (Å²) in [5, 5.41) is 0.611. The van der Waals surface area contributed by atoms with Crippen LogP contribution in [-0.2, 0) is 9.53 Å². The van der Waals surface area contributed by atoms with Crippen molar-refractivity contribution in [2.45, 2.75) is 45.3 Å². The largest absolute Gasteiger partial charge is 0.452 e. The van der Waals surface area contributed by atoms with Crippen LogP contribution in [0.15, 0.2) is 24.3 Å². The van der Waals surface area contributed by atoms with Gasteiger partial charge in [-0.25, -0.2) is 0 Å². The van der Waals surface area contributed by atoms with Crippen LogP contribution in [0.5, 0.6) is 5.75 Å². The molecule has 19 heavy (non-hydrogen) atoms. The minimum atomic E-state index is -0.830. The van der Waals surface area contributed by atoms with Crippen molar-refractivity contribution in [3.8, 4) is 5.75 Å². The van der Waals surface area contributed by atoms with E-state index in [2.05, 4.69) is 6.92 Å². The van der Waals surface area contributed by atoms with E-state index in [1.165, 1.54) is 6.92 Å². The van der Waals surface area contributed by atoms with Gasteiger partial charge in [-0.15, -0.1) is 0 Å². The van der Waals surface area contributed by atoms with Crippen molar-refractivity contribution in [2.24, 2.45) is 5.92 Å². The predicted molar refractivity (Wildman–Crippen MR) is 74.2 cm³/mol. The number of carbonyl (C=O) groups excluding carboxylic acids is 1. The molecule has 1 saturated carbocycles. The Morgan fingerprint density at radius 1 is 1.37 bits per heavy atom. The third-order valence-corrected chi connectivity index (χ3v) is 3.70. The Hall–Kier alpha value is -1.22. The van der Waals surface area contributed by atoms with Crippen molar-refractivity contribution in [1.82, 2.24) is 0 Å². The second-order valence-electron chi connectivity index (χ2n) is 5.25. The van der Waals surface area contributed by atoms with E-state index in [0.29, 0.717) is 16.7 Å². The van der Waals surface area contributed by atoms with Gasteiger partial charge in [0.1, 0.15) is 5.75 Å². The Morgan fingerprint density at radius 2 is 2.05 bits per heavy atom. The third-order valence-electron chi connectivity index (χ3n) is 3.47. The summed E-state index contributed by atoms with van der Waals surface area (Å²) in [7, 11) is 0. The highest BCUT2D eigenvalue weighted by atomic mass is 35.5. The number of ether oxygens (including phenoxy) is 2. The molecule has 104 valence electrons. The zero-order valence-electron chi connectivity index (χ0n) is 11.3. The maximum absolute atomic E-state index is 11.3. The van der Waals surface area contributed by atoms with Crippen LogP contribution in [0.3, 0.4) is 0 Å². The van der Waals surface area contributed by atoms with Gasteiger partial charge in [-0.3, -0.25) is 4.79 Å². The molecule has 0 aromatic heterocycles. The van der Waals surface area contributed by atoms with Crippen LogP contribution in [0.4, 0.5) is 0 Å². The van der Waals surface area contributed by atoms with Crippen LogP contribution in [-0.4, -0.2) is 11.8 Å².